The average molecular weight is 339 g/mol. The van der Waals surface area contributed by atoms with Crippen LogP contribution in [-0.4, -0.2) is 27.0 Å². The summed E-state index contributed by atoms with van der Waals surface area (Å²) in [4.78, 5) is 22.0. The van der Waals surface area contributed by atoms with E-state index in [0.29, 0.717) is 6.54 Å². The zero-order valence-corrected chi connectivity index (χ0v) is 13.4. The van der Waals surface area contributed by atoms with E-state index in [1.54, 1.807) is 0 Å². The number of fused-ring (bicyclic) bond motifs is 1. The number of phenolic OH excluding ortho intramolecular Hbond substituents is 1. The van der Waals surface area contributed by atoms with Gasteiger partial charge in [-0.1, -0.05) is 18.2 Å². The van der Waals surface area contributed by atoms with Crippen LogP contribution in [0.4, 0.5) is 5.69 Å². The highest BCUT2D eigenvalue weighted by Gasteiger charge is 2.15. The monoisotopic (exact) mass is 339 g/mol. The Kier molecular flexibility index (Phi) is 4.65. The molecule has 0 fully saturated rings. The molecule has 0 unspecified atom stereocenters. The fraction of sp³-hybridized carbons (Fsp3) is 0.167. The van der Waals surface area contributed by atoms with Crippen molar-refractivity contribution < 1.29 is 14.8 Å². The number of aryl methyl sites for hydroxylation is 1. The molecular formula is C18H17N3O4. The molecular weight excluding hydrogens is 322 g/mol. The van der Waals surface area contributed by atoms with Gasteiger partial charge in [-0.2, -0.15) is 0 Å². The summed E-state index contributed by atoms with van der Waals surface area (Å²) >= 11 is 0. The lowest BCUT2D eigenvalue weighted by molar-refractivity contribution is -0.385. The number of nitro groups is 1. The van der Waals surface area contributed by atoms with Crippen LogP contribution in [0.15, 0.2) is 54.7 Å². The van der Waals surface area contributed by atoms with Gasteiger partial charge in [0.1, 0.15) is 0 Å². The number of nitrogens with one attached hydrogen (secondary N) is 1. The van der Waals surface area contributed by atoms with E-state index in [9.17, 15) is 20.0 Å². The summed E-state index contributed by atoms with van der Waals surface area (Å²) in [6.07, 6.45) is 2.75. The number of benzene rings is 2. The van der Waals surface area contributed by atoms with E-state index in [4.69, 9.17) is 0 Å². The minimum atomic E-state index is -0.696. The third kappa shape index (κ3) is 3.60. The summed E-state index contributed by atoms with van der Waals surface area (Å²) in [5.41, 5.74) is 0.916. The molecule has 1 aromatic heterocycles. The second kappa shape index (κ2) is 7.04. The summed E-state index contributed by atoms with van der Waals surface area (Å²) in [5, 5.41) is 24.2. The second-order valence-electron chi connectivity index (χ2n) is 5.64. The predicted molar refractivity (Wildman–Crippen MR) is 93.6 cm³/mol. The van der Waals surface area contributed by atoms with Gasteiger partial charge in [0.15, 0.2) is 5.75 Å². The Bertz CT molecular complexity index is 933. The minimum absolute atomic E-state index is 0.189. The molecule has 2 N–H and O–H groups in total. The van der Waals surface area contributed by atoms with Crippen LogP contribution in [0.3, 0.4) is 0 Å². The summed E-state index contributed by atoms with van der Waals surface area (Å²) in [7, 11) is 0. The van der Waals surface area contributed by atoms with Crippen LogP contribution in [0.1, 0.15) is 16.8 Å². The first-order chi connectivity index (χ1) is 12.1. The largest absolute Gasteiger partial charge is 0.502 e. The molecule has 2 aromatic carbocycles. The van der Waals surface area contributed by atoms with Crippen LogP contribution in [0.2, 0.25) is 0 Å². The Morgan fingerprint density at radius 3 is 2.76 bits per heavy atom. The van der Waals surface area contributed by atoms with E-state index in [1.807, 2.05) is 30.5 Å². The van der Waals surface area contributed by atoms with Crippen molar-refractivity contribution in [2.24, 2.45) is 0 Å². The van der Waals surface area contributed by atoms with Gasteiger partial charge >= 0.3 is 5.69 Å². The Labute approximate surface area is 143 Å². The van der Waals surface area contributed by atoms with Gasteiger partial charge < -0.3 is 15.0 Å². The SMILES string of the molecule is O=C(NCCCn1ccc2ccccc21)c1ccc([N+](=O)[O-])c(O)c1. The van der Waals surface area contributed by atoms with Crippen molar-refractivity contribution in [2.45, 2.75) is 13.0 Å². The van der Waals surface area contributed by atoms with Gasteiger partial charge in [-0.3, -0.25) is 14.9 Å². The molecule has 0 saturated heterocycles. The van der Waals surface area contributed by atoms with Gasteiger partial charge in [-0.25, -0.2) is 0 Å². The van der Waals surface area contributed by atoms with Gasteiger partial charge in [-0.05, 0) is 36.1 Å². The Balaban J connectivity index is 1.54. The van der Waals surface area contributed by atoms with Crippen LogP contribution >= 0.6 is 0 Å². The van der Waals surface area contributed by atoms with Gasteiger partial charge in [0.25, 0.3) is 5.91 Å². The van der Waals surface area contributed by atoms with Crippen LogP contribution in [0, 0.1) is 10.1 Å². The average Bonchev–Trinajstić information content (AvgIpc) is 3.01. The molecule has 128 valence electrons. The molecule has 25 heavy (non-hydrogen) atoms. The van der Waals surface area contributed by atoms with E-state index in [-0.39, 0.29) is 11.5 Å². The molecule has 3 aromatic rings. The molecule has 1 amide bonds. The number of nitro benzene ring substituents is 1. The molecule has 0 radical (unpaired) electrons. The fourth-order valence-electron chi connectivity index (χ4n) is 2.71. The Hall–Kier alpha value is -3.35. The highest BCUT2D eigenvalue weighted by molar-refractivity contribution is 5.95. The molecule has 0 spiro atoms. The number of carbonyl (C=O) groups is 1. The molecule has 0 aliphatic carbocycles. The molecule has 1 heterocycles. The number of aromatic nitrogens is 1. The van der Waals surface area contributed by atoms with Crippen molar-refractivity contribution in [1.82, 2.24) is 9.88 Å². The molecule has 7 heteroatoms. The third-order valence-corrected chi connectivity index (χ3v) is 3.98. The fourth-order valence-corrected chi connectivity index (χ4v) is 2.71. The number of para-hydroxylation sites is 1. The molecule has 0 aliphatic rings. The number of amides is 1. The van der Waals surface area contributed by atoms with Crippen LogP contribution in [0.5, 0.6) is 5.75 Å². The molecule has 0 atom stereocenters. The molecule has 0 aliphatic heterocycles. The molecule has 3 rings (SSSR count). The van der Waals surface area contributed by atoms with Gasteiger partial charge in [0.2, 0.25) is 0 Å². The molecule has 7 nitrogen and oxygen atoms in total. The summed E-state index contributed by atoms with van der Waals surface area (Å²) in [5.74, 6) is -0.890. The van der Waals surface area contributed by atoms with E-state index in [0.717, 1.165) is 30.6 Å². The van der Waals surface area contributed by atoms with Gasteiger partial charge in [0, 0.05) is 36.4 Å². The number of rotatable bonds is 6. The quantitative estimate of drug-likeness (QED) is 0.410. The Morgan fingerprint density at radius 2 is 2.00 bits per heavy atom. The molecule has 0 bridgehead atoms. The van der Waals surface area contributed by atoms with E-state index < -0.39 is 16.4 Å². The zero-order valence-electron chi connectivity index (χ0n) is 13.4. The maximum Gasteiger partial charge on any atom is 0.310 e. The number of hydrogen-bond acceptors (Lipinski definition) is 4. The number of nitrogens with zero attached hydrogens (tertiary/aromatic N) is 2. The van der Waals surface area contributed by atoms with Crippen molar-refractivity contribution in [3.05, 3.63) is 70.4 Å². The number of hydrogen-bond donors (Lipinski definition) is 2. The third-order valence-electron chi connectivity index (χ3n) is 3.98. The maximum atomic E-state index is 12.1. The van der Waals surface area contributed by atoms with Crippen LogP contribution < -0.4 is 5.32 Å². The van der Waals surface area contributed by atoms with Crippen molar-refractivity contribution in [1.29, 1.82) is 0 Å². The van der Waals surface area contributed by atoms with Crippen molar-refractivity contribution in [3.63, 3.8) is 0 Å². The topological polar surface area (TPSA) is 97.4 Å². The summed E-state index contributed by atoms with van der Waals surface area (Å²) in [6.45, 7) is 1.22. The minimum Gasteiger partial charge on any atom is -0.502 e. The smallest absolute Gasteiger partial charge is 0.310 e. The normalized spacial score (nSPS) is 10.7. The number of carbonyl (C=O) groups excluding carboxylic acids is 1. The van der Waals surface area contributed by atoms with E-state index in [2.05, 4.69) is 16.0 Å². The summed E-state index contributed by atoms with van der Waals surface area (Å²) in [6, 6.07) is 13.7. The first kappa shape index (κ1) is 16.5. The van der Waals surface area contributed by atoms with Crippen LogP contribution in [-0.2, 0) is 6.54 Å². The highest BCUT2D eigenvalue weighted by atomic mass is 16.6. The van der Waals surface area contributed by atoms with Crippen molar-refractivity contribution in [2.75, 3.05) is 6.54 Å². The lowest BCUT2D eigenvalue weighted by Crippen LogP contribution is -2.25. The first-order valence-electron chi connectivity index (χ1n) is 7.86. The van der Waals surface area contributed by atoms with Gasteiger partial charge in [0.05, 0.1) is 4.92 Å². The highest BCUT2D eigenvalue weighted by Crippen LogP contribution is 2.26. The molecule has 0 saturated carbocycles. The summed E-state index contributed by atoms with van der Waals surface area (Å²) < 4.78 is 2.12. The van der Waals surface area contributed by atoms with Crippen LogP contribution in [0.25, 0.3) is 10.9 Å². The number of aromatic hydroxyl groups is 1. The maximum absolute atomic E-state index is 12.1. The van der Waals surface area contributed by atoms with Gasteiger partial charge in [-0.15, -0.1) is 0 Å². The van der Waals surface area contributed by atoms with Crippen molar-refractivity contribution >= 4 is 22.5 Å². The second-order valence-corrected chi connectivity index (χ2v) is 5.64. The lowest BCUT2D eigenvalue weighted by atomic mass is 10.1. The Morgan fingerprint density at radius 1 is 1.20 bits per heavy atom. The van der Waals surface area contributed by atoms with Crippen molar-refractivity contribution in [3.8, 4) is 5.75 Å². The first-order valence-corrected chi connectivity index (χ1v) is 7.86. The standard InChI is InChI=1S/C18H17N3O4/c22-17-12-14(6-7-16(17)21(24)25)18(23)19-9-3-10-20-11-8-13-4-1-2-5-15(13)20/h1-2,4-8,11-12,22H,3,9-10H2,(H,19,23). The lowest BCUT2D eigenvalue weighted by Gasteiger charge is -2.08. The number of phenols is 1. The van der Waals surface area contributed by atoms with E-state index >= 15 is 0 Å². The zero-order chi connectivity index (χ0) is 17.8. The predicted octanol–water partition coefficient (Wildman–Crippen LogP) is 3.08. The van der Waals surface area contributed by atoms with E-state index in [1.165, 1.54) is 11.5 Å².